The average molecular weight is 547 g/mol. The molecule has 1 aliphatic rings. The van der Waals surface area contributed by atoms with E-state index in [0.717, 1.165) is 22.3 Å². The number of aromatic nitrogens is 1. The number of esters is 1. The monoisotopic (exact) mass is 546 g/mol. The van der Waals surface area contributed by atoms with E-state index in [4.69, 9.17) is 30.3 Å². The van der Waals surface area contributed by atoms with Crippen LogP contribution in [0.2, 0.25) is 5.02 Å². The van der Waals surface area contributed by atoms with Gasteiger partial charge in [-0.25, -0.2) is 4.79 Å². The molecule has 1 aromatic heterocycles. The van der Waals surface area contributed by atoms with Crippen LogP contribution in [0.3, 0.4) is 0 Å². The predicted octanol–water partition coefficient (Wildman–Crippen LogP) is 6.72. The Morgan fingerprint density at radius 3 is 2.18 bits per heavy atom. The van der Waals surface area contributed by atoms with Crippen molar-refractivity contribution in [3.05, 3.63) is 94.6 Å². The molecule has 1 aliphatic heterocycles. The first-order valence-electron chi connectivity index (χ1n) is 12.4. The molecule has 1 saturated heterocycles. The maximum Gasteiger partial charge on any atom is 0.412 e. The quantitative estimate of drug-likeness (QED) is 0.257. The van der Waals surface area contributed by atoms with E-state index in [1.807, 2.05) is 66.7 Å². The lowest BCUT2D eigenvalue weighted by Crippen LogP contribution is -2.53. The fourth-order valence-corrected chi connectivity index (χ4v) is 4.86. The van der Waals surface area contributed by atoms with E-state index in [0.29, 0.717) is 40.9 Å². The summed E-state index contributed by atoms with van der Waals surface area (Å²) < 4.78 is 21.4. The van der Waals surface area contributed by atoms with Crippen molar-refractivity contribution < 1.29 is 28.3 Å². The van der Waals surface area contributed by atoms with Crippen molar-refractivity contribution in [3.63, 3.8) is 0 Å². The summed E-state index contributed by atoms with van der Waals surface area (Å²) in [7, 11) is 1.39. The van der Waals surface area contributed by atoms with Crippen LogP contribution in [0.5, 0.6) is 0 Å². The highest BCUT2D eigenvalue weighted by Crippen LogP contribution is 2.36. The van der Waals surface area contributed by atoms with Crippen LogP contribution < -0.4 is 5.32 Å². The number of rotatable bonds is 7. The number of ether oxygens (including phenoxy) is 3. The number of carbonyl (C=O) groups is 2. The number of aryl methyl sites for hydroxylation is 1. The minimum atomic E-state index is -0.739. The molecular formula is C30H27ClN2O6. The van der Waals surface area contributed by atoms with E-state index in [1.54, 1.807) is 19.9 Å². The van der Waals surface area contributed by atoms with Gasteiger partial charge in [0, 0.05) is 16.1 Å². The molecule has 2 heterocycles. The largest absolute Gasteiger partial charge is 0.468 e. The Balaban J connectivity index is 1.30. The normalized spacial score (nSPS) is 14.7. The van der Waals surface area contributed by atoms with Crippen molar-refractivity contribution in [1.29, 1.82) is 0 Å². The van der Waals surface area contributed by atoms with Gasteiger partial charge in [-0.1, -0.05) is 83.5 Å². The summed E-state index contributed by atoms with van der Waals surface area (Å²) in [6.45, 7) is 4.12. The van der Waals surface area contributed by atoms with E-state index in [2.05, 4.69) is 10.5 Å². The number of benzene rings is 3. The molecule has 0 aliphatic carbocycles. The van der Waals surface area contributed by atoms with Crippen molar-refractivity contribution in [2.24, 2.45) is 0 Å². The number of hydrogen-bond donors (Lipinski definition) is 1. The Morgan fingerprint density at radius 1 is 0.974 bits per heavy atom. The first-order valence-corrected chi connectivity index (χ1v) is 12.8. The lowest BCUT2D eigenvalue weighted by atomic mass is 9.78. The third-order valence-corrected chi connectivity index (χ3v) is 7.25. The number of nitrogens with one attached hydrogen (secondary N) is 1. The Bertz CT molecular complexity index is 1490. The Kier molecular flexibility index (Phi) is 7.41. The lowest BCUT2D eigenvalue weighted by molar-refractivity contribution is -0.166. The summed E-state index contributed by atoms with van der Waals surface area (Å²) in [4.78, 5) is 25.0. The van der Waals surface area contributed by atoms with Crippen molar-refractivity contribution in [2.45, 2.75) is 25.4 Å². The zero-order valence-electron chi connectivity index (χ0n) is 21.7. The summed E-state index contributed by atoms with van der Waals surface area (Å²) in [5.74, 6) is 0.126. The van der Waals surface area contributed by atoms with Crippen LogP contribution in [0.4, 0.5) is 10.5 Å². The SMILES string of the molecule is COC(=O)C1(c2ccc(-c3ccc(-c4onc(C)c4NC(=O)OC(C)c4ccccc4Cl)cc3)cc2)COC1. The van der Waals surface area contributed by atoms with Gasteiger partial charge in [0.25, 0.3) is 0 Å². The molecule has 0 saturated carbocycles. The topological polar surface area (TPSA) is 99.9 Å². The first kappa shape index (κ1) is 26.5. The third-order valence-electron chi connectivity index (χ3n) is 6.91. The molecule has 1 atom stereocenters. The van der Waals surface area contributed by atoms with Crippen LogP contribution in [0, 0.1) is 6.92 Å². The Labute approximate surface area is 230 Å². The fraction of sp³-hybridized carbons (Fsp3) is 0.233. The summed E-state index contributed by atoms with van der Waals surface area (Å²) in [6, 6.07) is 22.7. The summed E-state index contributed by atoms with van der Waals surface area (Å²) >= 11 is 6.23. The van der Waals surface area contributed by atoms with Crippen molar-refractivity contribution in [2.75, 3.05) is 25.6 Å². The van der Waals surface area contributed by atoms with Gasteiger partial charge < -0.3 is 18.7 Å². The van der Waals surface area contributed by atoms with Gasteiger partial charge in [0.05, 0.1) is 20.3 Å². The molecule has 200 valence electrons. The molecule has 1 amide bonds. The smallest absolute Gasteiger partial charge is 0.412 e. The molecule has 9 heteroatoms. The number of anilines is 1. The molecule has 8 nitrogen and oxygen atoms in total. The highest BCUT2D eigenvalue weighted by molar-refractivity contribution is 6.31. The molecule has 1 unspecified atom stereocenters. The van der Waals surface area contributed by atoms with Gasteiger partial charge in [-0.2, -0.15) is 0 Å². The molecule has 0 spiro atoms. The van der Waals surface area contributed by atoms with Crippen LogP contribution >= 0.6 is 11.6 Å². The molecule has 0 radical (unpaired) electrons. The second-order valence-electron chi connectivity index (χ2n) is 9.39. The van der Waals surface area contributed by atoms with E-state index >= 15 is 0 Å². The lowest BCUT2D eigenvalue weighted by Gasteiger charge is -2.38. The van der Waals surface area contributed by atoms with Crippen LogP contribution in [0.15, 0.2) is 77.3 Å². The van der Waals surface area contributed by atoms with Gasteiger partial charge in [0.1, 0.15) is 22.9 Å². The fourth-order valence-electron chi connectivity index (χ4n) is 4.57. The summed E-state index contributed by atoms with van der Waals surface area (Å²) in [5, 5.41) is 7.31. The van der Waals surface area contributed by atoms with Crippen LogP contribution in [-0.2, 0) is 24.4 Å². The molecule has 1 N–H and O–H groups in total. The van der Waals surface area contributed by atoms with Gasteiger partial charge in [-0.3, -0.25) is 10.1 Å². The van der Waals surface area contributed by atoms with Gasteiger partial charge in [0.2, 0.25) is 0 Å². The molecular weight excluding hydrogens is 520 g/mol. The van der Waals surface area contributed by atoms with E-state index in [-0.39, 0.29) is 5.97 Å². The number of nitrogens with zero attached hydrogens (tertiary/aromatic N) is 1. The van der Waals surface area contributed by atoms with Crippen molar-refractivity contribution >= 4 is 29.4 Å². The second kappa shape index (κ2) is 10.9. The minimum absolute atomic E-state index is 0.292. The van der Waals surface area contributed by atoms with E-state index in [9.17, 15) is 9.59 Å². The zero-order chi connectivity index (χ0) is 27.6. The predicted molar refractivity (Wildman–Crippen MR) is 147 cm³/mol. The van der Waals surface area contributed by atoms with Gasteiger partial charge in [-0.15, -0.1) is 0 Å². The average Bonchev–Trinajstić information content (AvgIpc) is 3.28. The van der Waals surface area contributed by atoms with Gasteiger partial charge in [-0.05, 0) is 36.6 Å². The van der Waals surface area contributed by atoms with Crippen LogP contribution in [-0.4, -0.2) is 37.5 Å². The highest BCUT2D eigenvalue weighted by atomic mass is 35.5. The zero-order valence-corrected chi connectivity index (χ0v) is 22.5. The van der Waals surface area contributed by atoms with Crippen molar-refractivity contribution in [1.82, 2.24) is 5.16 Å². The molecule has 4 aromatic rings. The Hall–Kier alpha value is -4.14. The molecule has 39 heavy (non-hydrogen) atoms. The second-order valence-corrected chi connectivity index (χ2v) is 9.79. The highest BCUT2D eigenvalue weighted by Gasteiger charge is 2.48. The minimum Gasteiger partial charge on any atom is -0.468 e. The maximum absolute atomic E-state index is 12.7. The molecule has 1 fully saturated rings. The summed E-state index contributed by atoms with van der Waals surface area (Å²) in [6.07, 6.45) is -1.19. The molecule has 5 rings (SSSR count). The number of methoxy groups -OCH3 is 1. The number of carbonyl (C=O) groups excluding carboxylic acids is 2. The summed E-state index contributed by atoms with van der Waals surface area (Å²) in [5.41, 5.74) is 4.48. The van der Waals surface area contributed by atoms with E-state index in [1.165, 1.54) is 7.11 Å². The van der Waals surface area contributed by atoms with Gasteiger partial charge in [0.15, 0.2) is 5.76 Å². The van der Waals surface area contributed by atoms with Crippen molar-refractivity contribution in [3.8, 4) is 22.5 Å². The van der Waals surface area contributed by atoms with E-state index < -0.39 is 17.6 Å². The number of hydrogen-bond acceptors (Lipinski definition) is 7. The number of amides is 1. The standard InChI is InChI=1S/C30H27ClN2O6/c1-18-26(32-29(35)38-19(2)24-6-4-5-7-25(24)31)27(39-33-18)22-10-8-20(9-11-22)21-12-14-23(15-13-21)30(16-37-17-30)28(34)36-3/h4-15,19H,16-17H2,1-3H3,(H,32,35). The number of halogens is 1. The third kappa shape index (κ3) is 5.13. The first-order chi connectivity index (χ1) is 18.8. The van der Waals surface area contributed by atoms with Crippen LogP contribution in [0.25, 0.3) is 22.5 Å². The van der Waals surface area contributed by atoms with Gasteiger partial charge >= 0.3 is 12.1 Å². The Morgan fingerprint density at radius 2 is 1.59 bits per heavy atom. The molecule has 3 aromatic carbocycles. The maximum atomic E-state index is 12.7. The van der Waals surface area contributed by atoms with Crippen LogP contribution in [0.1, 0.15) is 29.8 Å². The molecule has 0 bridgehead atoms.